The molecule has 2 heterocycles. The second-order valence-corrected chi connectivity index (χ2v) is 7.51. The third-order valence-corrected chi connectivity index (χ3v) is 5.01. The molecule has 150 valence electrons. The first kappa shape index (κ1) is 19.5. The summed E-state index contributed by atoms with van der Waals surface area (Å²) in [5.41, 5.74) is 1.98. The maximum Gasteiger partial charge on any atom is 0.263 e. The van der Waals surface area contributed by atoms with Gasteiger partial charge in [-0.05, 0) is 44.4 Å². The van der Waals surface area contributed by atoms with Gasteiger partial charge in [0.05, 0.1) is 16.4 Å². The molecule has 1 aliphatic rings. The molecule has 8 nitrogen and oxygen atoms in total. The van der Waals surface area contributed by atoms with Gasteiger partial charge in [0.1, 0.15) is 11.6 Å². The van der Waals surface area contributed by atoms with Crippen LogP contribution in [0.1, 0.15) is 23.4 Å². The van der Waals surface area contributed by atoms with Crippen molar-refractivity contribution in [3.8, 4) is 11.7 Å². The fourth-order valence-electron chi connectivity index (χ4n) is 3.19. The number of fused-ring (bicyclic) bond motifs is 1. The molecular weight excluding hydrogens is 417 g/mol. The maximum absolute atomic E-state index is 12.4. The van der Waals surface area contributed by atoms with E-state index in [-0.39, 0.29) is 18.1 Å². The van der Waals surface area contributed by atoms with Gasteiger partial charge in [0.15, 0.2) is 6.61 Å². The number of anilines is 1. The number of nitrogens with zero attached hydrogens (tertiary/aromatic N) is 3. The van der Waals surface area contributed by atoms with E-state index in [9.17, 15) is 9.59 Å². The minimum Gasteiger partial charge on any atom is -0.482 e. The summed E-state index contributed by atoms with van der Waals surface area (Å²) < 4.78 is 6.86. The summed E-state index contributed by atoms with van der Waals surface area (Å²) in [7, 11) is 0. The smallest absolute Gasteiger partial charge is 0.263 e. The number of rotatable bonds is 5. The van der Waals surface area contributed by atoms with E-state index in [0.29, 0.717) is 27.3 Å². The molecule has 0 unspecified atom stereocenters. The molecule has 0 atom stereocenters. The van der Waals surface area contributed by atoms with Crippen LogP contribution in [0.15, 0.2) is 29.1 Å². The van der Waals surface area contributed by atoms with Crippen molar-refractivity contribution < 1.29 is 9.53 Å². The standard InChI is InChI=1S/C19H17Cl2N5O3/c1-10-7-16(23-17(27)9-29-15-6-5-11(20)8-13(15)21)26(25-10)19-22-14-4-2-3-12(14)18(28)24-19/h5-8H,2-4,9H2,1H3,(H,23,27)(H,22,24,28). The molecular formula is C19H17Cl2N5O3. The van der Waals surface area contributed by atoms with Crippen LogP contribution < -0.4 is 15.6 Å². The molecule has 0 radical (unpaired) electrons. The van der Waals surface area contributed by atoms with Crippen LogP contribution in [0.5, 0.6) is 5.75 Å². The predicted molar refractivity (Wildman–Crippen MR) is 109 cm³/mol. The van der Waals surface area contributed by atoms with E-state index in [0.717, 1.165) is 30.5 Å². The van der Waals surface area contributed by atoms with Gasteiger partial charge in [-0.15, -0.1) is 0 Å². The number of carbonyl (C=O) groups excluding carboxylic acids is 1. The highest BCUT2D eigenvalue weighted by Gasteiger charge is 2.20. The fourth-order valence-corrected chi connectivity index (χ4v) is 3.66. The molecule has 3 aromatic rings. The number of nitrogens with one attached hydrogen (secondary N) is 2. The first-order valence-corrected chi connectivity index (χ1v) is 9.73. The average Bonchev–Trinajstić information content (AvgIpc) is 3.27. The Morgan fingerprint density at radius 1 is 1.31 bits per heavy atom. The molecule has 1 amide bonds. The van der Waals surface area contributed by atoms with E-state index < -0.39 is 5.91 Å². The molecule has 0 saturated carbocycles. The van der Waals surface area contributed by atoms with Crippen molar-refractivity contribution in [1.29, 1.82) is 0 Å². The lowest BCUT2D eigenvalue weighted by Gasteiger charge is -2.10. The van der Waals surface area contributed by atoms with Crippen molar-refractivity contribution in [2.45, 2.75) is 26.2 Å². The molecule has 0 aliphatic heterocycles. The summed E-state index contributed by atoms with van der Waals surface area (Å²) in [4.78, 5) is 31.9. The van der Waals surface area contributed by atoms with Gasteiger partial charge in [-0.25, -0.2) is 4.98 Å². The molecule has 2 N–H and O–H groups in total. The van der Waals surface area contributed by atoms with E-state index in [2.05, 4.69) is 20.4 Å². The largest absolute Gasteiger partial charge is 0.482 e. The first-order chi connectivity index (χ1) is 13.9. The number of aromatic nitrogens is 4. The number of hydrogen-bond acceptors (Lipinski definition) is 5. The number of ether oxygens (including phenoxy) is 1. The molecule has 29 heavy (non-hydrogen) atoms. The van der Waals surface area contributed by atoms with Gasteiger partial charge < -0.3 is 10.1 Å². The van der Waals surface area contributed by atoms with Crippen molar-refractivity contribution >= 4 is 34.9 Å². The topological polar surface area (TPSA) is 102 Å². The Morgan fingerprint density at radius 3 is 2.93 bits per heavy atom. The van der Waals surface area contributed by atoms with Crippen LogP contribution in [0.25, 0.3) is 5.95 Å². The predicted octanol–water partition coefficient (Wildman–Crippen LogP) is 3.08. The third-order valence-electron chi connectivity index (χ3n) is 4.48. The lowest BCUT2D eigenvalue weighted by molar-refractivity contribution is -0.118. The Hall–Kier alpha value is -2.84. The molecule has 0 bridgehead atoms. The molecule has 0 spiro atoms. The van der Waals surface area contributed by atoms with Gasteiger partial charge in [0, 0.05) is 16.7 Å². The number of hydrogen-bond donors (Lipinski definition) is 2. The number of aromatic amines is 1. The molecule has 2 aromatic heterocycles. The van der Waals surface area contributed by atoms with Crippen molar-refractivity contribution in [1.82, 2.24) is 19.7 Å². The Bertz CT molecular complexity index is 1160. The highest BCUT2D eigenvalue weighted by Crippen LogP contribution is 2.27. The molecule has 4 rings (SSSR count). The zero-order valence-electron chi connectivity index (χ0n) is 15.5. The SMILES string of the molecule is Cc1cc(NC(=O)COc2ccc(Cl)cc2Cl)n(-c2nc3c(c(=O)[nH]2)CCC3)n1. The lowest BCUT2D eigenvalue weighted by Crippen LogP contribution is -2.24. The van der Waals surface area contributed by atoms with Crippen LogP contribution in [0.2, 0.25) is 10.0 Å². The van der Waals surface area contributed by atoms with E-state index in [1.165, 1.54) is 10.7 Å². The van der Waals surface area contributed by atoms with Crippen LogP contribution in [-0.2, 0) is 17.6 Å². The van der Waals surface area contributed by atoms with Crippen molar-refractivity contribution in [3.05, 3.63) is 61.6 Å². The minimum atomic E-state index is -0.416. The highest BCUT2D eigenvalue weighted by atomic mass is 35.5. The van der Waals surface area contributed by atoms with Crippen molar-refractivity contribution in [2.75, 3.05) is 11.9 Å². The van der Waals surface area contributed by atoms with Gasteiger partial charge in [0.2, 0.25) is 5.95 Å². The summed E-state index contributed by atoms with van der Waals surface area (Å²) >= 11 is 11.9. The van der Waals surface area contributed by atoms with Gasteiger partial charge in [-0.1, -0.05) is 23.2 Å². The Kier molecular flexibility index (Phi) is 5.29. The lowest BCUT2D eigenvalue weighted by atomic mass is 10.3. The van der Waals surface area contributed by atoms with Crippen LogP contribution in [0.4, 0.5) is 5.82 Å². The monoisotopic (exact) mass is 433 g/mol. The van der Waals surface area contributed by atoms with E-state index >= 15 is 0 Å². The number of aryl methyl sites for hydroxylation is 2. The van der Waals surface area contributed by atoms with Gasteiger partial charge >= 0.3 is 0 Å². The van der Waals surface area contributed by atoms with Crippen LogP contribution in [0, 0.1) is 6.92 Å². The van der Waals surface area contributed by atoms with Gasteiger partial charge in [-0.2, -0.15) is 9.78 Å². The molecule has 10 heteroatoms. The van der Waals surface area contributed by atoms with Gasteiger partial charge in [-0.3, -0.25) is 14.6 Å². The summed E-state index contributed by atoms with van der Waals surface area (Å²) in [6, 6.07) is 6.42. The average molecular weight is 434 g/mol. The van der Waals surface area contributed by atoms with Crippen LogP contribution in [-0.4, -0.2) is 32.3 Å². The molecule has 0 saturated heterocycles. The van der Waals surface area contributed by atoms with E-state index in [4.69, 9.17) is 27.9 Å². The highest BCUT2D eigenvalue weighted by molar-refractivity contribution is 6.35. The normalized spacial score (nSPS) is 12.7. The number of halogens is 2. The van der Waals surface area contributed by atoms with Crippen LogP contribution in [0.3, 0.4) is 0 Å². The number of amides is 1. The Labute approximate surface area is 175 Å². The van der Waals surface area contributed by atoms with Crippen molar-refractivity contribution in [2.24, 2.45) is 0 Å². The summed E-state index contributed by atoms with van der Waals surface area (Å²) in [5, 5.41) is 7.84. The summed E-state index contributed by atoms with van der Waals surface area (Å²) in [6.07, 6.45) is 2.38. The second kappa shape index (κ2) is 7.88. The Balaban J connectivity index is 1.52. The third kappa shape index (κ3) is 4.13. The number of carbonyl (C=O) groups is 1. The quantitative estimate of drug-likeness (QED) is 0.643. The summed E-state index contributed by atoms with van der Waals surface area (Å²) in [5.74, 6) is 0.571. The Morgan fingerprint density at radius 2 is 2.14 bits per heavy atom. The second-order valence-electron chi connectivity index (χ2n) is 6.66. The first-order valence-electron chi connectivity index (χ1n) is 8.97. The zero-order valence-corrected chi connectivity index (χ0v) is 17.0. The van der Waals surface area contributed by atoms with E-state index in [1.807, 2.05) is 0 Å². The molecule has 1 aliphatic carbocycles. The summed E-state index contributed by atoms with van der Waals surface area (Å²) in [6.45, 7) is 1.52. The van der Waals surface area contributed by atoms with Crippen LogP contribution >= 0.6 is 23.2 Å². The minimum absolute atomic E-state index is 0.173. The molecule has 1 aromatic carbocycles. The maximum atomic E-state index is 12.4. The van der Waals surface area contributed by atoms with Crippen molar-refractivity contribution in [3.63, 3.8) is 0 Å². The molecule has 0 fully saturated rings. The fraction of sp³-hybridized carbons (Fsp3) is 0.263. The number of H-pyrrole nitrogens is 1. The number of benzene rings is 1. The zero-order chi connectivity index (χ0) is 20.5. The van der Waals surface area contributed by atoms with Gasteiger partial charge in [0.25, 0.3) is 11.5 Å². The van der Waals surface area contributed by atoms with E-state index in [1.54, 1.807) is 25.1 Å².